The first-order chi connectivity index (χ1) is 13.2. The normalized spacial score (nSPS) is 31.9. The van der Waals surface area contributed by atoms with Crippen molar-refractivity contribution in [1.82, 2.24) is 15.5 Å². The molecule has 2 saturated carbocycles. The lowest BCUT2D eigenvalue weighted by Crippen LogP contribution is -2.50. The van der Waals surface area contributed by atoms with Gasteiger partial charge in [0.05, 0.1) is 6.10 Å². The number of rotatable bonds is 5. The van der Waals surface area contributed by atoms with Crippen molar-refractivity contribution in [3.8, 4) is 0 Å². The maximum absolute atomic E-state index is 12.0. The minimum absolute atomic E-state index is 0. The average molecular weight is 521 g/mol. The topological polar surface area (TPSA) is 66.0 Å². The van der Waals surface area contributed by atoms with Crippen molar-refractivity contribution in [1.29, 1.82) is 0 Å². The number of aliphatic imine (C=N–C) groups is 1. The molecule has 2 N–H and O–H groups in total. The van der Waals surface area contributed by atoms with E-state index in [2.05, 4.69) is 36.4 Å². The Kier molecular flexibility index (Phi) is 9.06. The van der Waals surface area contributed by atoms with E-state index in [4.69, 9.17) is 4.74 Å². The Bertz CT molecular complexity index is 576. The average Bonchev–Trinajstić information content (AvgIpc) is 3.26. The lowest BCUT2D eigenvalue weighted by atomic mass is 9.78. The summed E-state index contributed by atoms with van der Waals surface area (Å²) in [5.41, 5.74) is 0.128. The van der Waals surface area contributed by atoms with Crippen LogP contribution in [-0.4, -0.2) is 62.7 Å². The van der Waals surface area contributed by atoms with Crippen LogP contribution in [0.1, 0.15) is 59.3 Å². The van der Waals surface area contributed by atoms with Crippen LogP contribution in [0, 0.1) is 23.2 Å². The van der Waals surface area contributed by atoms with E-state index in [1.165, 1.54) is 32.1 Å². The second-order valence-electron chi connectivity index (χ2n) is 10.3. The number of amides is 1. The van der Waals surface area contributed by atoms with Crippen LogP contribution in [0.15, 0.2) is 4.99 Å². The lowest BCUT2D eigenvalue weighted by molar-refractivity contribution is -0.127. The second kappa shape index (κ2) is 10.6. The third-order valence-electron chi connectivity index (χ3n) is 6.76. The molecule has 3 aliphatic rings. The van der Waals surface area contributed by atoms with Gasteiger partial charge in [0, 0.05) is 39.2 Å². The fraction of sp³-hybridized carbons (Fsp3) is 0.909. The number of carbonyl (C=O) groups is 1. The molecule has 1 amide bonds. The van der Waals surface area contributed by atoms with Crippen LogP contribution in [0.2, 0.25) is 0 Å². The summed E-state index contributed by atoms with van der Waals surface area (Å²) >= 11 is 0. The first-order valence-corrected chi connectivity index (χ1v) is 11.1. The molecule has 168 valence electrons. The predicted octanol–water partition coefficient (Wildman–Crippen LogP) is 3.26. The molecule has 5 atom stereocenters. The molecule has 0 aromatic carbocycles. The quantitative estimate of drug-likeness (QED) is 0.332. The maximum atomic E-state index is 12.0. The molecule has 6 nitrogen and oxygen atoms in total. The minimum atomic E-state index is 0. The van der Waals surface area contributed by atoms with Gasteiger partial charge in [0.25, 0.3) is 0 Å². The number of hydrogen-bond acceptors (Lipinski definition) is 3. The largest absolute Gasteiger partial charge is 0.377 e. The summed E-state index contributed by atoms with van der Waals surface area (Å²) in [4.78, 5) is 18.3. The summed E-state index contributed by atoms with van der Waals surface area (Å²) < 4.78 is 6.13. The van der Waals surface area contributed by atoms with Crippen molar-refractivity contribution in [2.45, 2.75) is 71.4 Å². The maximum Gasteiger partial charge on any atom is 0.243 e. The Hall–Kier alpha value is -0.570. The molecule has 0 radical (unpaired) electrons. The van der Waals surface area contributed by atoms with Gasteiger partial charge in [0.1, 0.15) is 6.54 Å². The summed E-state index contributed by atoms with van der Waals surface area (Å²) in [6.45, 7) is 8.66. The lowest BCUT2D eigenvalue weighted by Gasteiger charge is -2.40. The van der Waals surface area contributed by atoms with Crippen molar-refractivity contribution in [3.05, 3.63) is 0 Å². The summed E-state index contributed by atoms with van der Waals surface area (Å²) in [5.74, 6) is 2.94. The van der Waals surface area contributed by atoms with Gasteiger partial charge in [0.2, 0.25) is 5.91 Å². The molecule has 3 fully saturated rings. The highest BCUT2D eigenvalue weighted by molar-refractivity contribution is 14.0. The van der Waals surface area contributed by atoms with Crippen molar-refractivity contribution in [2.24, 2.45) is 28.2 Å². The van der Waals surface area contributed by atoms with E-state index >= 15 is 0 Å². The van der Waals surface area contributed by atoms with E-state index in [0.29, 0.717) is 12.0 Å². The van der Waals surface area contributed by atoms with Gasteiger partial charge in [-0.1, -0.05) is 27.2 Å². The number of hydrogen-bond donors (Lipinski definition) is 2. The third-order valence-corrected chi connectivity index (χ3v) is 6.76. The van der Waals surface area contributed by atoms with Gasteiger partial charge in [0.15, 0.2) is 5.96 Å². The van der Waals surface area contributed by atoms with Crippen LogP contribution in [0.4, 0.5) is 0 Å². The molecule has 29 heavy (non-hydrogen) atoms. The molecule has 0 spiro atoms. The molecule has 1 heterocycles. The summed E-state index contributed by atoms with van der Waals surface area (Å²) in [6.07, 6.45) is 7.84. The fourth-order valence-electron chi connectivity index (χ4n) is 5.28. The molecule has 0 aromatic rings. The smallest absolute Gasteiger partial charge is 0.243 e. The number of likely N-dealkylation sites (N-methyl/N-ethyl adjacent to an activating group) is 1. The number of fused-ring (bicyclic) bond motifs is 2. The van der Waals surface area contributed by atoms with Crippen molar-refractivity contribution in [3.63, 3.8) is 0 Å². The van der Waals surface area contributed by atoms with E-state index in [1.807, 2.05) is 0 Å². The Morgan fingerprint density at radius 3 is 2.52 bits per heavy atom. The van der Waals surface area contributed by atoms with Gasteiger partial charge in [-0.25, -0.2) is 4.99 Å². The van der Waals surface area contributed by atoms with Crippen LogP contribution >= 0.6 is 24.0 Å². The van der Waals surface area contributed by atoms with Crippen molar-refractivity contribution < 1.29 is 9.53 Å². The van der Waals surface area contributed by atoms with Crippen LogP contribution in [0.25, 0.3) is 0 Å². The van der Waals surface area contributed by atoms with Gasteiger partial charge < -0.3 is 20.3 Å². The molecule has 1 saturated heterocycles. The van der Waals surface area contributed by atoms with E-state index in [9.17, 15) is 4.79 Å². The highest BCUT2D eigenvalue weighted by Gasteiger charge is 2.40. The van der Waals surface area contributed by atoms with Crippen molar-refractivity contribution >= 4 is 35.8 Å². The van der Waals surface area contributed by atoms with Crippen LogP contribution < -0.4 is 10.6 Å². The number of halogens is 1. The van der Waals surface area contributed by atoms with E-state index in [0.717, 1.165) is 37.4 Å². The molecular formula is C22H41IN4O2. The minimum Gasteiger partial charge on any atom is -0.377 e. The molecule has 3 rings (SSSR count). The van der Waals surface area contributed by atoms with Crippen LogP contribution in [0.5, 0.6) is 0 Å². The highest BCUT2D eigenvalue weighted by Crippen LogP contribution is 2.44. The molecule has 0 aromatic heterocycles. The van der Waals surface area contributed by atoms with Gasteiger partial charge in [-0.05, 0) is 49.4 Å². The number of ether oxygens (including phenoxy) is 1. The Labute approximate surface area is 194 Å². The predicted molar refractivity (Wildman–Crippen MR) is 129 cm³/mol. The van der Waals surface area contributed by atoms with Crippen LogP contribution in [-0.2, 0) is 9.53 Å². The Morgan fingerprint density at radius 2 is 1.93 bits per heavy atom. The van der Waals surface area contributed by atoms with E-state index in [-0.39, 0.29) is 47.9 Å². The second-order valence-corrected chi connectivity index (χ2v) is 10.3. The zero-order chi connectivity index (χ0) is 20.3. The monoisotopic (exact) mass is 520 g/mol. The number of nitrogens with zero attached hydrogens (tertiary/aromatic N) is 2. The number of guanidine groups is 1. The number of carbonyl (C=O) groups excluding carboxylic acids is 1. The first-order valence-electron chi connectivity index (χ1n) is 11.1. The molecule has 5 unspecified atom stereocenters. The first kappa shape index (κ1) is 24.7. The van der Waals surface area contributed by atoms with Gasteiger partial charge >= 0.3 is 0 Å². The molecule has 7 heteroatoms. The summed E-state index contributed by atoms with van der Waals surface area (Å²) in [6, 6.07) is 0.500. The summed E-state index contributed by atoms with van der Waals surface area (Å²) in [7, 11) is 3.56. The fourth-order valence-corrected chi connectivity index (χ4v) is 5.28. The zero-order valence-electron chi connectivity index (χ0n) is 18.9. The number of nitrogens with one attached hydrogen (secondary N) is 2. The molecule has 2 bridgehead atoms. The van der Waals surface area contributed by atoms with Crippen LogP contribution in [0.3, 0.4) is 0 Å². The molecule has 2 aliphatic carbocycles. The van der Waals surface area contributed by atoms with Gasteiger partial charge in [-0.2, -0.15) is 0 Å². The Morgan fingerprint density at radius 1 is 1.17 bits per heavy atom. The SMILES string of the molecule is CN(C)C(=O)CN=C(NCC1CCCOC1C(C)(C)C)NC1CC2CCC1C2.I. The Balaban J connectivity index is 0.00000300. The standard InChI is InChI=1S/C22H40N4O2.HI/c1-22(2,3)20-17(7-6-10-28-20)13-23-21(24-14-19(27)26(4)5)25-18-12-15-8-9-16(18)11-15;/h15-18,20H,6-14H2,1-5H3,(H2,23,24,25);1H. The molecular weight excluding hydrogens is 479 g/mol. The molecule has 1 aliphatic heterocycles. The zero-order valence-corrected chi connectivity index (χ0v) is 21.2. The van der Waals surface area contributed by atoms with E-state index < -0.39 is 0 Å². The van der Waals surface area contributed by atoms with Crippen molar-refractivity contribution in [2.75, 3.05) is 33.8 Å². The summed E-state index contributed by atoms with van der Waals surface area (Å²) in [5, 5.41) is 7.22. The van der Waals surface area contributed by atoms with Gasteiger partial charge in [-0.3, -0.25) is 4.79 Å². The third kappa shape index (κ3) is 6.71. The highest BCUT2D eigenvalue weighted by atomic mass is 127. The van der Waals surface area contributed by atoms with E-state index in [1.54, 1.807) is 19.0 Å². The van der Waals surface area contributed by atoms with Gasteiger partial charge in [-0.15, -0.1) is 24.0 Å².